The number of benzene rings is 1. The monoisotopic (exact) mass is 265 g/mol. The third-order valence-electron chi connectivity index (χ3n) is 2.28. The molecular weight excluding hydrogens is 253 g/mol. The highest BCUT2D eigenvalue weighted by atomic mass is 32.1. The van der Waals surface area contributed by atoms with Crippen molar-refractivity contribution in [3.63, 3.8) is 0 Å². The quantitative estimate of drug-likeness (QED) is 0.928. The van der Waals surface area contributed by atoms with Crippen LogP contribution in [0.25, 0.3) is 10.6 Å². The lowest BCUT2D eigenvalue weighted by Gasteiger charge is -2.02. The molecule has 0 unspecified atom stereocenters. The predicted octanol–water partition coefficient (Wildman–Crippen LogP) is 2.94. The Labute approximate surface area is 108 Å². The molecule has 1 aromatic heterocycles. The highest BCUT2D eigenvalue weighted by molar-refractivity contribution is 7.18. The van der Waals surface area contributed by atoms with Gasteiger partial charge in [0.15, 0.2) is 5.01 Å². The van der Waals surface area contributed by atoms with E-state index >= 15 is 0 Å². The van der Waals surface area contributed by atoms with Crippen LogP contribution in [0.4, 0.5) is 9.52 Å². The summed E-state index contributed by atoms with van der Waals surface area (Å²) in [4.78, 5) is 11.5. The molecule has 0 radical (unpaired) electrons. The molecular formula is C12H12FN3OS. The van der Waals surface area contributed by atoms with Gasteiger partial charge in [0.2, 0.25) is 11.0 Å². The van der Waals surface area contributed by atoms with Crippen LogP contribution in [0.3, 0.4) is 0 Å². The van der Waals surface area contributed by atoms with Crippen molar-refractivity contribution in [3.05, 3.63) is 30.1 Å². The van der Waals surface area contributed by atoms with E-state index in [0.29, 0.717) is 15.7 Å². The van der Waals surface area contributed by atoms with Crippen LogP contribution in [0.15, 0.2) is 24.3 Å². The van der Waals surface area contributed by atoms with Crippen molar-refractivity contribution in [2.75, 3.05) is 5.32 Å². The average molecular weight is 265 g/mol. The second-order valence-corrected chi connectivity index (χ2v) is 5.01. The van der Waals surface area contributed by atoms with Gasteiger partial charge < -0.3 is 5.32 Å². The molecule has 0 spiro atoms. The van der Waals surface area contributed by atoms with Crippen LogP contribution in [-0.2, 0) is 4.79 Å². The van der Waals surface area contributed by atoms with Crippen LogP contribution in [0, 0.1) is 11.7 Å². The van der Waals surface area contributed by atoms with Gasteiger partial charge in [-0.25, -0.2) is 4.39 Å². The minimum atomic E-state index is -0.351. The van der Waals surface area contributed by atoms with Gasteiger partial charge >= 0.3 is 0 Å². The molecule has 18 heavy (non-hydrogen) atoms. The highest BCUT2D eigenvalue weighted by Gasteiger charge is 2.13. The van der Waals surface area contributed by atoms with E-state index in [1.54, 1.807) is 32.0 Å². The third-order valence-corrected chi connectivity index (χ3v) is 3.16. The topological polar surface area (TPSA) is 54.9 Å². The number of nitrogens with one attached hydrogen (secondary N) is 1. The summed E-state index contributed by atoms with van der Waals surface area (Å²) in [5, 5.41) is 11.2. The lowest BCUT2D eigenvalue weighted by atomic mass is 10.2. The fourth-order valence-electron chi connectivity index (χ4n) is 1.27. The summed E-state index contributed by atoms with van der Waals surface area (Å²) in [6.45, 7) is 3.57. The number of hydrogen-bond donors (Lipinski definition) is 1. The summed E-state index contributed by atoms with van der Waals surface area (Å²) in [6, 6.07) is 6.33. The maximum atomic E-state index is 13.5. The van der Waals surface area contributed by atoms with Gasteiger partial charge in [-0.15, -0.1) is 10.2 Å². The van der Waals surface area contributed by atoms with Crippen molar-refractivity contribution in [2.24, 2.45) is 5.92 Å². The summed E-state index contributed by atoms with van der Waals surface area (Å²) >= 11 is 1.15. The lowest BCUT2D eigenvalue weighted by molar-refractivity contribution is -0.118. The molecule has 1 amide bonds. The molecule has 0 saturated heterocycles. The summed E-state index contributed by atoms with van der Waals surface area (Å²) in [5.41, 5.74) is 0.389. The second-order valence-electron chi connectivity index (χ2n) is 4.04. The van der Waals surface area contributed by atoms with E-state index in [2.05, 4.69) is 15.5 Å². The largest absolute Gasteiger partial charge is 0.300 e. The van der Waals surface area contributed by atoms with Gasteiger partial charge in [-0.1, -0.05) is 37.3 Å². The first-order valence-corrected chi connectivity index (χ1v) is 6.29. The highest BCUT2D eigenvalue weighted by Crippen LogP contribution is 2.28. The van der Waals surface area contributed by atoms with Gasteiger partial charge in [-0.2, -0.15) is 0 Å². The second kappa shape index (κ2) is 5.22. The van der Waals surface area contributed by atoms with Gasteiger partial charge in [0.25, 0.3) is 0 Å². The Kier molecular flexibility index (Phi) is 3.66. The molecule has 2 aromatic rings. The van der Waals surface area contributed by atoms with E-state index in [1.807, 2.05) is 0 Å². The van der Waals surface area contributed by atoms with E-state index < -0.39 is 0 Å². The van der Waals surface area contributed by atoms with E-state index in [9.17, 15) is 9.18 Å². The molecule has 1 N–H and O–H groups in total. The lowest BCUT2D eigenvalue weighted by Crippen LogP contribution is -2.17. The van der Waals surface area contributed by atoms with Crippen LogP contribution < -0.4 is 5.32 Å². The van der Waals surface area contributed by atoms with Gasteiger partial charge in [-0.05, 0) is 12.1 Å². The number of anilines is 1. The minimum Gasteiger partial charge on any atom is -0.300 e. The molecule has 94 valence electrons. The zero-order valence-corrected chi connectivity index (χ0v) is 10.8. The Balaban J connectivity index is 2.21. The van der Waals surface area contributed by atoms with Crippen LogP contribution in [0.1, 0.15) is 13.8 Å². The Morgan fingerprint density at radius 2 is 2.06 bits per heavy atom. The summed E-state index contributed by atoms with van der Waals surface area (Å²) < 4.78 is 13.5. The van der Waals surface area contributed by atoms with Gasteiger partial charge in [0, 0.05) is 11.5 Å². The average Bonchev–Trinajstić information content (AvgIpc) is 2.77. The van der Waals surface area contributed by atoms with E-state index in [-0.39, 0.29) is 17.6 Å². The number of halogens is 1. The summed E-state index contributed by atoms with van der Waals surface area (Å²) in [5.74, 6) is -0.618. The van der Waals surface area contributed by atoms with Crippen molar-refractivity contribution in [3.8, 4) is 10.6 Å². The first-order valence-electron chi connectivity index (χ1n) is 5.47. The molecule has 0 aliphatic carbocycles. The number of rotatable bonds is 3. The standard InChI is InChI=1S/C12H12FN3OS/c1-7(2)10(17)14-12-16-15-11(18-12)8-5-3-4-6-9(8)13/h3-7H,1-2H3,(H,14,16,17). The smallest absolute Gasteiger partial charge is 0.228 e. The Bertz CT molecular complexity index is 568. The Morgan fingerprint density at radius 3 is 2.72 bits per heavy atom. The van der Waals surface area contributed by atoms with Gasteiger partial charge in [0.05, 0.1) is 0 Å². The third kappa shape index (κ3) is 2.70. The van der Waals surface area contributed by atoms with Crippen LogP contribution in [-0.4, -0.2) is 16.1 Å². The first kappa shape index (κ1) is 12.6. The normalized spacial score (nSPS) is 10.7. The van der Waals surface area contributed by atoms with Crippen molar-refractivity contribution >= 4 is 22.4 Å². The molecule has 0 fully saturated rings. The molecule has 0 atom stereocenters. The Hall–Kier alpha value is -1.82. The van der Waals surface area contributed by atoms with Crippen LogP contribution in [0.2, 0.25) is 0 Å². The van der Waals surface area contributed by atoms with Crippen LogP contribution in [0.5, 0.6) is 0 Å². The summed E-state index contributed by atoms with van der Waals surface area (Å²) in [6.07, 6.45) is 0. The first-order chi connectivity index (χ1) is 8.58. The minimum absolute atomic E-state index is 0.133. The number of aromatic nitrogens is 2. The fourth-order valence-corrected chi connectivity index (χ4v) is 2.04. The zero-order chi connectivity index (χ0) is 13.1. The maximum Gasteiger partial charge on any atom is 0.228 e. The number of carbonyl (C=O) groups is 1. The van der Waals surface area contributed by atoms with Crippen molar-refractivity contribution in [2.45, 2.75) is 13.8 Å². The molecule has 0 bridgehead atoms. The molecule has 2 rings (SSSR count). The molecule has 1 heterocycles. The van der Waals surface area contributed by atoms with Crippen molar-refractivity contribution in [1.82, 2.24) is 10.2 Å². The molecule has 0 saturated carbocycles. The molecule has 4 nitrogen and oxygen atoms in total. The predicted molar refractivity (Wildman–Crippen MR) is 68.8 cm³/mol. The molecule has 1 aromatic carbocycles. The van der Waals surface area contributed by atoms with Gasteiger partial charge in [0.1, 0.15) is 5.82 Å². The Morgan fingerprint density at radius 1 is 1.33 bits per heavy atom. The molecule has 0 aliphatic heterocycles. The number of nitrogens with zero attached hydrogens (tertiary/aromatic N) is 2. The van der Waals surface area contributed by atoms with Crippen molar-refractivity contribution in [1.29, 1.82) is 0 Å². The van der Waals surface area contributed by atoms with E-state index in [1.165, 1.54) is 6.07 Å². The number of carbonyl (C=O) groups excluding carboxylic acids is 1. The molecule has 0 aliphatic rings. The zero-order valence-electron chi connectivity index (χ0n) is 9.98. The van der Waals surface area contributed by atoms with Crippen molar-refractivity contribution < 1.29 is 9.18 Å². The van der Waals surface area contributed by atoms with Gasteiger partial charge in [-0.3, -0.25) is 4.79 Å². The van der Waals surface area contributed by atoms with Crippen LogP contribution >= 0.6 is 11.3 Å². The fraction of sp³-hybridized carbons (Fsp3) is 0.250. The molecule has 6 heteroatoms. The number of hydrogen-bond acceptors (Lipinski definition) is 4. The maximum absolute atomic E-state index is 13.5. The van der Waals surface area contributed by atoms with E-state index in [0.717, 1.165) is 11.3 Å². The summed E-state index contributed by atoms with van der Waals surface area (Å²) in [7, 11) is 0. The number of amides is 1. The van der Waals surface area contributed by atoms with E-state index in [4.69, 9.17) is 0 Å². The SMILES string of the molecule is CC(C)C(=O)Nc1nnc(-c2ccccc2F)s1.